The van der Waals surface area contributed by atoms with Crippen molar-refractivity contribution >= 4 is 30.8 Å². The Labute approximate surface area is 285 Å². The van der Waals surface area contributed by atoms with Crippen LogP contribution in [-0.2, 0) is 50.0 Å². The molecule has 49 heavy (non-hydrogen) atoms. The summed E-state index contributed by atoms with van der Waals surface area (Å²) in [6.45, 7) is 6.67. The van der Waals surface area contributed by atoms with Gasteiger partial charge in [0.05, 0.1) is 23.0 Å². The van der Waals surface area contributed by atoms with Gasteiger partial charge in [0, 0.05) is 61.2 Å². The fourth-order valence-electron chi connectivity index (χ4n) is 7.12. The van der Waals surface area contributed by atoms with E-state index in [9.17, 15) is 21.6 Å². The minimum absolute atomic E-state index is 0.0114. The first-order chi connectivity index (χ1) is 23.3. The van der Waals surface area contributed by atoms with Gasteiger partial charge in [0.1, 0.15) is 17.7 Å². The molecule has 5 aromatic rings. The molecule has 0 N–H and O–H groups in total. The number of ether oxygens (including phenoxy) is 1. The molecule has 12 nitrogen and oxygen atoms in total. The molecule has 2 aliphatic rings. The van der Waals surface area contributed by atoms with Crippen molar-refractivity contribution in [1.82, 2.24) is 28.2 Å². The molecule has 258 valence electrons. The number of likely N-dealkylation sites (tertiary alicyclic amines) is 1. The monoisotopic (exact) mass is 704 g/mol. The standard InChI is InChI=1S/C35H40N6O6S2/c1-24-10-12-29(13-11-24)49(45,46)41-28(19-39-14-6-7-25(2)18-39)16-30-31(48(4,43)44)20-40(34(42)33(30)41)27-9-5-8-26(15-27)35(21-47-22-35)17-32-37-36-23-38(32)3/h5,8-13,15-16,20,23,25H,6-7,14,17-19,21-22H2,1-4H3/t25-/m0/s1. The number of pyridine rings is 1. The number of hydrogen-bond acceptors (Lipinski definition) is 9. The Hall–Kier alpha value is -4.11. The third-order valence-corrected chi connectivity index (χ3v) is 12.7. The second-order valence-electron chi connectivity index (χ2n) is 13.8. The van der Waals surface area contributed by atoms with Gasteiger partial charge in [-0.2, -0.15) is 0 Å². The van der Waals surface area contributed by atoms with Crippen molar-refractivity contribution in [2.24, 2.45) is 13.0 Å². The predicted molar refractivity (Wildman–Crippen MR) is 185 cm³/mol. The van der Waals surface area contributed by atoms with Gasteiger partial charge in [0.2, 0.25) is 0 Å². The molecule has 0 spiro atoms. The van der Waals surface area contributed by atoms with Gasteiger partial charge in [-0.1, -0.05) is 36.8 Å². The second-order valence-corrected chi connectivity index (χ2v) is 17.5. The van der Waals surface area contributed by atoms with Crippen LogP contribution in [0.4, 0.5) is 0 Å². The number of rotatable bonds is 9. The highest BCUT2D eigenvalue weighted by atomic mass is 32.2. The maximum atomic E-state index is 14.7. The average Bonchev–Trinajstić information content (AvgIpc) is 3.62. The molecule has 2 saturated heterocycles. The Morgan fingerprint density at radius 2 is 1.80 bits per heavy atom. The summed E-state index contributed by atoms with van der Waals surface area (Å²) in [5, 5.41) is 8.35. The van der Waals surface area contributed by atoms with Crippen molar-refractivity contribution in [3.05, 3.63) is 100 Å². The minimum atomic E-state index is -4.33. The zero-order chi connectivity index (χ0) is 34.7. The summed E-state index contributed by atoms with van der Waals surface area (Å²) < 4.78 is 65.8. The van der Waals surface area contributed by atoms with Crippen LogP contribution in [0.3, 0.4) is 0 Å². The summed E-state index contributed by atoms with van der Waals surface area (Å²) in [6.07, 6.45) is 6.63. The van der Waals surface area contributed by atoms with E-state index >= 15 is 0 Å². The van der Waals surface area contributed by atoms with E-state index in [1.165, 1.54) is 22.9 Å². The first-order valence-corrected chi connectivity index (χ1v) is 19.7. The number of nitrogens with zero attached hydrogens (tertiary/aromatic N) is 6. The van der Waals surface area contributed by atoms with Crippen LogP contribution in [0.5, 0.6) is 0 Å². The highest BCUT2D eigenvalue weighted by Crippen LogP contribution is 2.37. The van der Waals surface area contributed by atoms with Crippen molar-refractivity contribution in [2.45, 2.75) is 54.9 Å². The normalized spacial score (nSPS) is 18.5. The van der Waals surface area contributed by atoms with E-state index in [2.05, 4.69) is 22.0 Å². The number of piperidine rings is 1. The lowest BCUT2D eigenvalue weighted by atomic mass is 9.75. The third kappa shape index (κ3) is 6.04. The van der Waals surface area contributed by atoms with E-state index in [0.29, 0.717) is 36.9 Å². The molecule has 0 unspecified atom stereocenters. The quantitative estimate of drug-likeness (QED) is 0.225. The van der Waals surface area contributed by atoms with Crippen LogP contribution in [0.1, 0.15) is 42.4 Å². The zero-order valence-electron chi connectivity index (χ0n) is 28.0. The molecule has 5 heterocycles. The Balaban J connectivity index is 1.45. The van der Waals surface area contributed by atoms with Crippen LogP contribution in [0.25, 0.3) is 16.6 Å². The second kappa shape index (κ2) is 12.3. The average molecular weight is 705 g/mol. The van der Waals surface area contributed by atoms with Crippen LogP contribution < -0.4 is 5.56 Å². The van der Waals surface area contributed by atoms with Gasteiger partial charge >= 0.3 is 0 Å². The van der Waals surface area contributed by atoms with Crippen LogP contribution in [0, 0.1) is 12.8 Å². The molecule has 0 amide bonds. The first kappa shape index (κ1) is 33.4. The lowest BCUT2D eigenvalue weighted by Gasteiger charge is -2.41. The first-order valence-electron chi connectivity index (χ1n) is 16.3. The molecule has 0 aliphatic carbocycles. The molecule has 1 atom stereocenters. The van der Waals surface area contributed by atoms with Crippen LogP contribution >= 0.6 is 0 Å². The molecule has 2 fully saturated rings. The fourth-order valence-corrected chi connectivity index (χ4v) is 9.50. The highest BCUT2D eigenvalue weighted by Gasteiger charge is 2.42. The number of aromatic nitrogens is 5. The van der Waals surface area contributed by atoms with Crippen LogP contribution in [0.15, 0.2) is 81.7 Å². The number of fused-ring (bicyclic) bond motifs is 1. The molecule has 0 saturated carbocycles. The number of sulfone groups is 1. The van der Waals surface area contributed by atoms with Crippen molar-refractivity contribution < 1.29 is 21.6 Å². The number of benzene rings is 2. The Bertz CT molecular complexity index is 2340. The highest BCUT2D eigenvalue weighted by molar-refractivity contribution is 7.91. The Morgan fingerprint density at radius 3 is 2.43 bits per heavy atom. The summed E-state index contributed by atoms with van der Waals surface area (Å²) in [6, 6.07) is 15.3. The van der Waals surface area contributed by atoms with Crippen molar-refractivity contribution in [3.63, 3.8) is 0 Å². The fraction of sp³-hybridized carbons (Fsp3) is 0.400. The van der Waals surface area contributed by atoms with Gasteiger partial charge < -0.3 is 9.30 Å². The topological polar surface area (TPSA) is 138 Å². The van der Waals surface area contributed by atoms with Gasteiger partial charge in [-0.25, -0.2) is 20.8 Å². The lowest BCUT2D eigenvalue weighted by molar-refractivity contribution is -0.0611. The molecule has 2 aliphatic heterocycles. The molecule has 7 rings (SSSR count). The van der Waals surface area contributed by atoms with E-state index in [1.807, 2.05) is 36.7 Å². The molecule has 3 aromatic heterocycles. The van der Waals surface area contributed by atoms with Crippen molar-refractivity contribution in [3.8, 4) is 5.69 Å². The van der Waals surface area contributed by atoms with Crippen molar-refractivity contribution in [1.29, 1.82) is 0 Å². The predicted octanol–water partition coefficient (Wildman–Crippen LogP) is 3.61. The molecule has 2 aromatic carbocycles. The smallest absolute Gasteiger partial charge is 0.280 e. The van der Waals surface area contributed by atoms with Gasteiger partial charge in [-0.05, 0) is 68.1 Å². The lowest BCUT2D eigenvalue weighted by Crippen LogP contribution is -2.49. The van der Waals surface area contributed by atoms with Crippen molar-refractivity contribution in [2.75, 3.05) is 32.6 Å². The van der Waals surface area contributed by atoms with E-state index in [4.69, 9.17) is 4.74 Å². The zero-order valence-corrected chi connectivity index (χ0v) is 29.7. The maximum absolute atomic E-state index is 14.7. The number of hydrogen-bond donors (Lipinski definition) is 0. The largest absolute Gasteiger partial charge is 0.379 e. The van der Waals surface area contributed by atoms with Crippen LogP contribution in [-0.4, -0.2) is 77.6 Å². The summed E-state index contributed by atoms with van der Waals surface area (Å²) in [7, 11) is -6.38. The van der Waals surface area contributed by atoms with Crippen LogP contribution in [0.2, 0.25) is 0 Å². The van der Waals surface area contributed by atoms with Gasteiger partial charge in [-0.3, -0.25) is 14.3 Å². The molecule has 14 heteroatoms. The summed E-state index contributed by atoms with van der Waals surface area (Å²) in [5.74, 6) is 1.20. The van der Waals surface area contributed by atoms with Gasteiger partial charge in [0.25, 0.3) is 15.6 Å². The molecule has 0 bridgehead atoms. The number of aryl methyl sites for hydroxylation is 2. The Morgan fingerprint density at radius 1 is 1.04 bits per heavy atom. The molecular weight excluding hydrogens is 665 g/mol. The maximum Gasteiger partial charge on any atom is 0.280 e. The minimum Gasteiger partial charge on any atom is -0.379 e. The van der Waals surface area contributed by atoms with Gasteiger partial charge in [0.15, 0.2) is 9.84 Å². The summed E-state index contributed by atoms with van der Waals surface area (Å²) >= 11 is 0. The third-order valence-electron chi connectivity index (χ3n) is 9.84. The summed E-state index contributed by atoms with van der Waals surface area (Å²) in [5.41, 5.74) is 1.25. The Kier molecular flexibility index (Phi) is 8.41. The van der Waals surface area contributed by atoms with E-state index in [1.54, 1.807) is 30.6 Å². The van der Waals surface area contributed by atoms with Gasteiger partial charge in [-0.15, -0.1) is 10.2 Å². The molecule has 0 radical (unpaired) electrons. The van der Waals surface area contributed by atoms with E-state index in [0.717, 1.165) is 53.1 Å². The summed E-state index contributed by atoms with van der Waals surface area (Å²) in [4.78, 5) is 16.7. The SMILES string of the molecule is Cc1ccc(S(=O)(=O)n2c(CN3CCC[C@H](C)C3)cc3c(S(C)(=O)=O)cn(-c4cccc(C5(Cc6nncn6C)COC5)c4)c(=O)c32)cc1. The van der Waals surface area contributed by atoms with E-state index in [-0.39, 0.29) is 27.2 Å². The van der Waals surface area contributed by atoms with E-state index < -0.39 is 30.8 Å². The molecular formula is C35H40N6O6S2.